The van der Waals surface area contributed by atoms with Crippen LogP contribution in [0.1, 0.15) is 13.3 Å². The quantitative estimate of drug-likeness (QED) is 0.595. The van der Waals surface area contributed by atoms with Crippen LogP contribution in [0.15, 0.2) is 4.99 Å². The molecule has 156 valence electrons. The van der Waals surface area contributed by atoms with Gasteiger partial charge in [0.25, 0.3) is 0 Å². The van der Waals surface area contributed by atoms with E-state index < -0.39 is 5.25 Å². The molecule has 10 heteroatoms. The third-order valence-electron chi connectivity index (χ3n) is 5.37. The Labute approximate surface area is 170 Å². The Morgan fingerprint density at radius 2 is 1.43 bits per heavy atom. The van der Waals surface area contributed by atoms with Crippen LogP contribution in [0.25, 0.3) is 0 Å². The van der Waals surface area contributed by atoms with Crippen LogP contribution in [0.2, 0.25) is 0 Å². The summed E-state index contributed by atoms with van der Waals surface area (Å²) in [4.78, 5) is 50.7. The normalized spacial score (nSPS) is 24.9. The maximum Gasteiger partial charge on any atom is 0.245 e. The molecule has 0 aromatic carbocycles. The van der Waals surface area contributed by atoms with Gasteiger partial charge in [-0.25, -0.2) is 0 Å². The van der Waals surface area contributed by atoms with Gasteiger partial charge >= 0.3 is 0 Å². The van der Waals surface area contributed by atoms with Crippen LogP contribution < -0.4 is 5.32 Å². The zero-order chi connectivity index (χ0) is 20.3. The van der Waals surface area contributed by atoms with Crippen LogP contribution in [0.4, 0.5) is 0 Å². The molecule has 3 amide bonds. The number of hydrogen-bond acceptors (Lipinski definition) is 7. The second-order valence-electron chi connectivity index (χ2n) is 7.79. The van der Waals surface area contributed by atoms with Gasteiger partial charge in [0, 0.05) is 58.8 Å². The van der Waals surface area contributed by atoms with Gasteiger partial charge in [0.1, 0.15) is 0 Å². The number of rotatable bonds is 3. The van der Waals surface area contributed by atoms with E-state index in [9.17, 15) is 14.4 Å². The predicted molar refractivity (Wildman–Crippen MR) is 109 cm³/mol. The van der Waals surface area contributed by atoms with Gasteiger partial charge in [-0.15, -0.1) is 0 Å². The van der Waals surface area contributed by atoms with E-state index in [0.717, 1.165) is 37.9 Å². The summed E-state index contributed by atoms with van der Waals surface area (Å²) < 4.78 is 0. The van der Waals surface area contributed by atoms with Crippen molar-refractivity contribution >= 4 is 34.7 Å². The molecular weight excluding hydrogens is 380 g/mol. The molecule has 0 saturated carbocycles. The average Bonchev–Trinajstić information content (AvgIpc) is 2.65. The number of carbonyl (C=O) groups is 3. The van der Waals surface area contributed by atoms with E-state index in [1.165, 1.54) is 0 Å². The largest absolute Gasteiger partial charge is 0.339 e. The number of nitrogens with one attached hydrogen (secondary N) is 1. The fraction of sp³-hybridized carbons (Fsp3) is 0.778. The second kappa shape index (κ2) is 9.23. The van der Waals surface area contributed by atoms with Gasteiger partial charge < -0.3 is 24.9 Å². The molecule has 2 saturated heterocycles. The minimum atomic E-state index is -0.906. The van der Waals surface area contributed by atoms with E-state index in [1.807, 2.05) is 21.0 Å². The lowest BCUT2D eigenvalue weighted by Crippen LogP contribution is -2.56. The summed E-state index contributed by atoms with van der Waals surface area (Å²) in [7, 11) is 4.05. The number of piperazine rings is 2. The highest BCUT2D eigenvalue weighted by Gasteiger charge is 2.38. The molecule has 0 bridgehead atoms. The first-order valence-electron chi connectivity index (χ1n) is 9.82. The van der Waals surface area contributed by atoms with Crippen molar-refractivity contribution in [2.45, 2.75) is 24.6 Å². The molecule has 3 aliphatic rings. The number of carbonyl (C=O) groups excluding carboxylic acids is 3. The van der Waals surface area contributed by atoms with E-state index in [1.54, 1.807) is 9.80 Å². The highest BCUT2D eigenvalue weighted by Crippen LogP contribution is 2.22. The molecular formula is C18H30N6O3S. The van der Waals surface area contributed by atoms with Crippen LogP contribution in [0.5, 0.6) is 0 Å². The minimum absolute atomic E-state index is 0.122. The van der Waals surface area contributed by atoms with Crippen molar-refractivity contribution in [3.8, 4) is 0 Å². The third kappa shape index (κ3) is 5.24. The Balaban J connectivity index is 1.76. The molecule has 1 atom stereocenters. The molecule has 3 rings (SSSR count). The number of thioether (sulfide) groups is 1. The Kier molecular flexibility index (Phi) is 6.95. The molecule has 3 aliphatic heterocycles. The maximum absolute atomic E-state index is 13.3. The van der Waals surface area contributed by atoms with Gasteiger partial charge in [-0.3, -0.25) is 19.4 Å². The Hall–Kier alpha value is -1.65. The Morgan fingerprint density at radius 1 is 0.964 bits per heavy atom. The van der Waals surface area contributed by atoms with Gasteiger partial charge in [0.2, 0.25) is 17.7 Å². The average molecular weight is 411 g/mol. The monoisotopic (exact) mass is 410 g/mol. The maximum atomic E-state index is 13.3. The zero-order valence-corrected chi connectivity index (χ0v) is 17.7. The van der Waals surface area contributed by atoms with Crippen LogP contribution in [-0.4, -0.2) is 120 Å². The summed E-state index contributed by atoms with van der Waals surface area (Å²) in [6, 6.07) is -0.144. The molecule has 0 radical (unpaired) electrons. The van der Waals surface area contributed by atoms with Gasteiger partial charge in [0.15, 0.2) is 10.4 Å². The molecule has 0 spiro atoms. The molecule has 0 aliphatic carbocycles. The van der Waals surface area contributed by atoms with Crippen LogP contribution in [-0.2, 0) is 14.4 Å². The number of hydrogen-bond donors (Lipinski definition) is 1. The molecule has 0 aromatic rings. The Bertz CT molecular complexity index is 607. The molecule has 28 heavy (non-hydrogen) atoms. The van der Waals surface area contributed by atoms with Crippen molar-refractivity contribution in [2.24, 2.45) is 4.99 Å². The molecule has 1 N–H and O–H groups in total. The van der Waals surface area contributed by atoms with Gasteiger partial charge in [-0.2, -0.15) is 0 Å². The highest BCUT2D eigenvalue weighted by atomic mass is 32.2. The minimum Gasteiger partial charge on any atom is -0.339 e. The van der Waals surface area contributed by atoms with Crippen molar-refractivity contribution in [1.82, 2.24) is 24.9 Å². The van der Waals surface area contributed by atoms with E-state index in [-0.39, 0.29) is 23.8 Å². The third-order valence-corrected chi connectivity index (χ3v) is 6.44. The van der Waals surface area contributed by atoms with Gasteiger partial charge in [-0.05, 0) is 21.0 Å². The van der Waals surface area contributed by atoms with Crippen LogP contribution in [0, 0.1) is 0 Å². The second-order valence-corrected chi connectivity index (χ2v) is 8.88. The number of amidine groups is 1. The van der Waals surface area contributed by atoms with Crippen molar-refractivity contribution in [3.63, 3.8) is 0 Å². The van der Waals surface area contributed by atoms with E-state index in [0.29, 0.717) is 37.8 Å². The first-order chi connectivity index (χ1) is 13.3. The standard InChI is InChI=1S/C18H30N6O3S/c1-13-12-14(25)20-18(19-13)28-15(16(26)23-8-4-21(2)5-9-23)17(27)24-10-6-22(3)7-11-24/h13,15H,4-12H2,1-3H3,(H,19,20,25)/t13-/m1/s1. The Morgan fingerprint density at radius 3 is 1.86 bits per heavy atom. The first kappa shape index (κ1) is 21.1. The number of likely N-dealkylation sites (N-methyl/N-ethyl adjacent to an activating group) is 2. The summed E-state index contributed by atoms with van der Waals surface area (Å²) in [6.45, 7) is 7.46. The number of amides is 3. The van der Waals surface area contributed by atoms with Gasteiger partial charge in [-0.1, -0.05) is 11.8 Å². The molecule has 2 fully saturated rings. The van der Waals surface area contributed by atoms with Crippen molar-refractivity contribution in [3.05, 3.63) is 0 Å². The summed E-state index contributed by atoms with van der Waals surface area (Å²) in [5.41, 5.74) is 0. The fourth-order valence-electron chi connectivity index (χ4n) is 3.48. The van der Waals surface area contributed by atoms with Crippen LogP contribution in [0.3, 0.4) is 0 Å². The van der Waals surface area contributed by atoms with E-state index >= 15 is 0 Å². The number of nitrogens with zero attached hydrogens (tertiary/aromatic N) is 5. The summed E-state index contributed by atoms with van der Waals surface area (Å²) in [5.74, 6) is -0.489. The summed E-state index contributed by atoms with van der Waals surface area (Å²) in [6.07, 6.45) is 0.327. The van der Waals surface area contributed by atoms with Crippen molar-refractivity contribution in [2.75, 3.05) is 66.5 Å². The van der Waals surface area contributed by atoms with E-state index in [4.69, 9.17) is 0 Å². The smallest absolute Gasteiger partial charge is 0.245 e. The summed E-state index contributed by atoms with van der Waals surface area (Å²) >= 11 is 1.09. The molecule has 9 nitrogen and oxygen atoms in total. The lowest BCUT2D eigenvalue weighted by molar-refractivity contribution is -0.141. The lowest BCUT2D eigenvalue weighted by Gasteiger charge is -2.37. The zero-order valence-electron chi connectivity index (χ0n) is 16.9. The lowest BCUT2D eigenvalue weighted by atomic mass is 10.2. The first-order valence-corrected chi connectivity index (χ1v) is 10.7. The van der Waals surface area contributed by atoms with Crippen molar-refractivity contribution < 1.29 is 14.4 Å². The molecule has 0 unspecified atom stereocenters. The SMILES string of the molecule is C[C@@H]1CC(=O)NC(SC(C(=O)N2CCN(C)CC2)C(=O)N2CCN(C)CC2)=N1. The van der Waals surface area contributed by atoms with Gasteiger partial charge in [0.05, 0.1) is 6.04 Å². The van der Waals surface area contributed by atoms with Crippen molar-refractivity contribution in [1.29, 1.82) is 0 Å². The fourth-order valence-corrected chi connectivity index (χ4v) is 4.62. The number of aliphatic imine (C=N–C) groups is 1. The molecule has 0 aromatic heterocycles. The highest BCUT2D eigenvalue weighted by molar-refractivity contribution is 8.15. The van der Waals surface area contributed by atoms with E-state index in [2.05, 4.69) is 20.1 Å². The summed E-state index contributed by atoms with van der Waals surface area (Å²) in [5, 5.41) is 2.19. The van der Waals surface area contributed by atoms with Crippen LogP contribution >= 0.6 is 11.8 Å². The molecule has 3 heterocycles. The topological polar surface area (TPSA) is 88.6 Å². The predicted octanol–water partition coefficient (Wildman–Crippen LogP) is -1.10.